The average Bonchev–Trinajstić information content (AvgIpc) is 2.71. The molecule has 29 heavy (non-hydrogen) atoms. The smallest absolute Gasteiger partial charge is 0.224 e. The summed E-state index contributed by atoms with van der Waals surface area (Å²) in [5.41, 5.74) is 1.40. The Bertz CT molecular complexity index is 947. The number of piperidine rings is 1. The van der Waals surface area contributed by atoms with Crippen LogP contribution in [0.25, 0.3) is 0 Å². The number of nitrogens with zero attached hydrogens (tertiary/aromatic N) is 1. The van der Waals surface area contributed by atoms with Crippen LogP contribution in [0.5, 0.6) is 0 Å². The molecule has 1 aliphatic heterocycles. The van der Waals surface area contributed by atoms with Crippen molar-refractivity contribution in [2.75, 3.05) is 13.1 Å². The molecule has 8 heteroatoms. The Hall–Kier alpha value is -1.60. The van der Waals surface area contributed by atoms with E-state index in [1.807, 2.05) is 37.3 Å². The van der Waals surface area contributed by atoms with Crippen molar-refractivity contribution in [2.24, 2.45) is 5.92 Å². The average molecular weight is 455 g/mol. The van der Waals surface area contributed by atoms with Gasteiger partial charge in [0, 0.05) is 28.7 Å². The van der Waals surface area contributed by atoms with Crippen LogP contribution in [0, 0.1) is 5.92 Å². The quantitative estimate of drug-likeness (QED) is 0.702. The maximum absolute atomic E-state index is 12.9. The largest absolute Gasteiger partial charge is 0.349 e. The zero-order valence-electron chi connectivity index (χ0n) is 16.1. The Kier molecular flexibility index (Phi) is 7.22. The standard InChI is InChI=1S/C21H24Cl2N2O3S/c1-15(16-7-3-2-4-8-16)24-21(26)17-9-6-12-25(13-17)29(27,28)14-18-19(22)10-5-11-20(18)23/h2-5,7-8,10-11,15,17H,6,9,12-14H2,1H3,(H,24,26)/t15-,17?/m1/s1. The molecule has 2 aromatic carbocycles. The van der Waals surface area contributed by atoms with Gasteiger partial charge in [-0.2, -0.15) is 0 Å². The van der Waals surface area contributed by atoms with Gasteiger partial charge < -0.3 is 5.32 Å². The molecule has 0 bridgehead atoms. The van der Waals surface area contributed by atoms with E-state index in [1.165, 1.54) is 4.31 Å². The maximum atomic E-state index is 12.9. The predicted octanol–water partition coefficient (Wildman–Crippen LogP) is 4.41. The lowest BCUT2D eigenvalue weighted by Crippen LogP contribution is -2.46. The summed E-state index contributed by atoms with van der Waals surface area (Å²) < 4.78 is 27.3. The van der Waals surface area contributed by atoms with Crippen molar-refractivity contribution in [3.05, 3.63) is 69.7 Å². The highest BCUT2D eigenvalue weighted by Crippen LogP contribution is 2.29. The van der Waals surface area contributed by atoms with Gasteiger partial charge in [-0.25, -0.2) is 12.7 Å². The summed E-state index contributed by atoms with van der Waals surface area (Å²) in [6, 6.07) is 14.5. The van der Waals surface area contributed by atoms with Crippen LogP contribution >= 0.6 is 23.2 Å². The molecule has 2 atom stereocenters. The van der Waals surface area contributed by atoms with Crippen LogP contribution in [0.15, 0.2) is 48.5 Å². The normalized spacial score (nSPS) is 18.9. The van der Waals surface area contributed by atoms with E-state index in [0.29, 0.717) is 35.0 Å². The molecular formula is C21H24Cl2N2O3S. The van der Waals surface area contributed by atoms with E-state index < -0.39 is 10.0 Å². The Morgan fingerprint density at radius 1 is 1.14 bits per heavy atom. The summed E-state index contributed by atoms with van der Waals surface area (Å²) in [5, 5.41) is 3.65. The first-order valence-electron chi connectivity index (χ1n) is 9.54. The minimum absolute atomic E-state index is 0.128. The molecule has 1 amide bonds. The second-order valence-corrected chi connectivity index (χ2v) is 10.1. The number of sulfonamides is 1. The molecule has 0 saturated carbocycles. The Morgan fingerprint density at radius 3 is 2.45 bits per heavy atom. The molecule has 0 aliphatic carbocycles. The van der Waals surface area contributed by atoms with Gasteiger partial charge in [-0.15, -0.1) is 0 Å². The van der Waals surface area contributed by atoms with Gasteiger partial charge in [-0.05, 0) is 37.5 Å². The van der Waals surface area contributed by atoms with Gasteiger partial charge in [0.2, 0.25) is 15.9 Å². The first-order chi connectivity index (χ1) is 13.8. The third-order valence-electron chi connectivity index (χ3n) is 5.20. The zero-order valence-corrected chi connectivity index (χ0v) is 18.5. The highest BCUT2D eigenvalue weighted by atomic mass is 35.5. The third kappa shape index (κ3) is 5.51. The van der Waals surface area contributed by atoms with Gasteiger partial charge in [0.1, 0.15) is 0 Å². The molecule has 1 fully saturated rings. The molecule has 156 valence electrons. The molecule has 1 aliphatic rings. The maximum Gasteiger partial charge on any atom is 0.224 e. The number of hydrogen-bond donors (Lipinski definition) is 1. The molecule has 3 rings (SSSR count). The van der Waals surface area contributed by atoms with Crippen molar-refractivity contribution in [1.82, 2.24) is 9.62 Å². The minimum Gasteiger partial charge on any atom is -0.349 e. The van der Waals surface area contributed by atoms with Crippen molar-refractivity contribution in [3.8, 4) is 0 Å². The lowest BCUT2D eigenvalue weighted by Gasteiger charge is -2.32. The monoisotopic (exact) mass is 454 g/mol. The van der Waals surface area contributed by atoms with Crippen molar-refractivity contribution in [3.63, 3.8) is 0 Å². The summed E-state index contributed by atoms with van der Waals surface area (Å²) in [6.07, 6.45) is 1.29. The van der Waals surface area contributed by atoms with Crippen molar-refractivity contribution in [1.29, 1.82) is 0 Å². The third-order valence-corrected chi connectivity index (χ3v) is 7.68. The molecule has 0 radical (unpaired) electrons. The van der Waals surface area contributed by atoms with E-state index in [1.54, 1.807) is 18.2 Å². The number of nitrogens with one attached hydrogen (secondary N) is 1. The fourth-order valence-electron chi connectivity index (χ4n) is 3.51. The van der Waals surface area contributed by atoms with Crippen molar-refractivity contribution >= 4 is 39.1 Å². The molecule has 2 aromatic rings. The van der Waals surface area contributed by atoms with Gasteiger partial charge in [0.25, 0.3) is 0 Å². The first-order valence-corrected chi connectivity index (χ1v) is 11.9. The summed E-state index contributed by atoms with van der Waals surface area (Å²) in [5.74, 6) is -0.788. The molecule has 1 N–H and O–H groups in total. The predicted molar refractivity (Wildman–Crippen MR) is 116 cm³/mol. The summed E-state index contributed by atoms with van der Waals surface area (Å²) in [4.78, 5) is 12.7. The topological polar surface area (TPSA) is 66.5 Å². The highest BCUT2D eigenvalue weighted by Gasteiger charge is 2.33. The summed E-state index contributed by atoms with van der Waals surface area (Å²) in [6.45, 7) is 2.48. The second kappa shape index (κ2) is 9.47. The number of amides is 1. The molecule has 1 heterocycles. The number of halogens is 2. The van der Waals surface area contributed by atoms with E-state index in [4.69, 9.17) is 23.2 Å². The molecule has 5 nitrogen and oxygen atoms in total. The van der Waals surface area contributed by atoms with Gasteiger partial charge >= 0.3 is 0 Å². The Labute approximate surface area is 182 Å². The Morgan fingerprint density at radius 2 is 1.79 bits per heavy atom. The minimum atomic E-state index is -3.64. The van der Waals surface area contributed by atoms with E-state index >= 15 is 0 Å². The second-order valence-electron chi connectivity index (χ2n) is 7.29. The van der Waals surface area contributed by atoms with Gasteiger partial charge in [0.15, 0.2) is 0 Å². The number of carbonyl (C=O) groups excluding carboxylic acids is 1. The van der Waals surface area contributed by atoms with Crippen LogP contribution in [0.2, 0.25) is 10.0 Å². The molecule has 0 aromatic heterocycles. The van der Waals surface area contributed by atoms with Crippen LogP contribution in [0.3, 0.4) is 0 Å². The van der Waals surface area contributed by atoms with E-state index in [0.717, 1.165) is 5.56 Å². The van der Waals surface area contributed by atoms with Crippen LogP contribution in [-0.2, 0) is 20.6 Å². The summed E-state index contributed by atoms with van der Waals surface area (Å²) >= 11 is 12.3. The number of carbonyl (C=O) groups is 1. The SMILES string of the molecule is C[C@@H](NC(=O)C1CCCN(S(=O)(=O)Cc2c(Cl)cccc2Cl)C1)c1ccccc1. The van der Waals surface area contributed by atoms with Gasteiger partial charge in [0.05, 0.1) is 17.7 Å². The highest BCUT2D eigenvalue weighted by molar-refractivity contribution is 7.88. The van der Waals surface area contributed by atoms with E-state index in [-0.39, 0.29) is 30.2 Å². The number of rotatable bonds is 6. The van der Waals surface area contributed by atoms with Gasteiger partial charge in [-0.3, -0.25) is 4.79 Å². The van der Waals surface area contributed by atoms with Crippen LogP contribution in [0.4, 0.5) is 0 Å². The lowest BCUT2D eigenvalue weighted by atomic mass is 9.98. The number of hydrogen-bond acceptors (Lipinski definition) is 3. The molecule has 0 spiro atoms. The van der Waals surface area contributed by atoms with Crippen LogP contribution < -0.4 is 5.32 Å². The van der Waals surface area contributed by atoms with E-state index in [2.05, 4.69) is 5.32 Å². The van der Waals surface area contributed by atoms with Crippen molar-refractivity contribution in [2.45, 2.75) is 31.6 Å². The van der Waals surface area contributed by atoms with E-state index in [9.17, 15) is 13.2 Å². The fraction of sp³-hybridized carbons (Fsp3) is 0.381. The van der Waals surface area contributed by atoms with Crippen LogP contribution in [0.1, 0.15) is 36.9 Å². The fourth-order valence-corrected chi connectivity index (χ4v) is 5.87. The number of benzene rings is 2. The molecule has 1 saturated heterocycles. The Balaban J connectivity index is 1.67. The van der Waals surface area contributed by atoms with Crippen LogP contribution in [-0.4, -0.2) is 31.7 Å². The van der Waals surface area contributed by atoms with Gasteiger partial charge in [-0.1, -0.05) is 59.6 Å². The first kappa shape index (κ1) is 22.1. The lowest BCUT2D eigenvalue weighted by molar-refractivity contribution is -0.126. The zero-order chi connectivity index (χ0) is 21.0. The molecule has 1 unspecified atom stereocenters. The summed E-state index contributed by atoms with van der Waals surface area (Å²) in [7, 11) is -3.64. The van der Waals surface area contributed by atoms with Crippen molar-refractivity contribution < 1.29 is 13.2 Å². The molecular weight excluding hydrogens is 431 g/mol.